The summed E-state index contributed by atoms with van der Waals surface area (Å²) in [6.07, 6.45) is 3.96. The first kappa shape index (κ1) is 19.9. The van der Waals surface area contributed by atoms with Gasteiger partial charge in [0.05, 0.1) is 24.2 Å². The third kappa shape index (κ3) is 7.34. The summed E-state index contributed by atoms with van der Waals surface area (Å²) in [5.41, 5.74) is 0. The van der Waals surface area contributed by atoms with Crippen LogP contribution in [0.5, 0.6) is 5.75 Å². The molecule has 23 heavy (non-hydrogen) atoms. The number of nitrogens with one attached hydrogen (secondary N) is 2. The fourth-order valence-corrected chi connectivity index (χ4v) is 3.85. The van der Waals surface area contributed by atoms with Crippen molar-refractivity contribution >= 4 is 39.8 Å². The number of pyridine rings is 1. The molecule has 7 nitrogen and oxygen atoms in total. The average molecular weight is 454 g/mol. The summed E-state index contributed by atoms with van der Waals surface area (Å²) in [4.78, 5) is 8.36. The number of aromatic nitrogens is 1. The molecular formula is C14H23IN4O3S. The molecule has 2 rings (SSSR count). The normalized spacial score (nSPS) is 19.7. The molecule has 2 heterocycles. The van der Waals surface area contributed by atoms with Crippen molar-refractivity contribution in [2.45, 2.75) is 19.4 Å². The van der Waals surface area contributed by atoms with Gasteiger partial charge in [0.15, 0.2) is 15.8 Å². The van der Waals surface area contributed by atoms with E-state index in [4.69, 9.17) is 4.74 Å². The van der Waals surface area contributed by atoms with Crippen molar-refractivity contribution < 1.29 is 13.2 Å². The van der Waals surface area contributed by atoms with E-state index in [0.29, 0.717) is 31.3 Å². The Labute approximate surface area is 154 Å². The van der Waals surface area contributed by atoms with Crippen molar-refractivity contribution in [1.29, 1.82) is 0 Å². The van der Waals surface area contributed by atoms with Gasteiger partial charge in [-0.1, -0.05) is 0 Å². The third-order valence-electron chi connectivity index (χ3n) is 3.18. The van der Waals surface area contributed by atoms with Gasteiger partial charge in [-0.05, 0) is 25.5 Å². The Hall–Kier alpha value is -1.10. The van der Waals surface area contributed by atoms with Crippen LogP contribution in [0.15, 0.2) is 29.5 Å². The molecular weight excluding hydrogens is 431 g/mol. The predicted octanol–water partition coefficient (Wildman–Crippen LogP) is 0.821. The van der Waals surface area contributed by atoms with E-state index in [1.807, 2.05) is 19.1 Å². The van der Waals surface area contributed by atoms with Gasteiger partial charge in [-0.2, -0.15) is 0 Å². The van der Waals surface area contributed by atoms with E-state index < -0.39 is 9.84 Å². The minimum atomic E-state index is -2.89. The van der Waals surface area contributed by atoms with Crippen molar-refractivity contribution in [3.63, 3.8) is 0 Å². The third-order valence-corrected chi connectivity index (χ3v) is 4.95. The summed E-state index contributed by atoms with van der Waals surface area (Å²) in [6.45, 7) is 3.60. The standard InChI is InChI=1S/C14H22N4O3S.HI/c1-2-16-14(18-12-5-9-22(19,20)11-12)17-7-8-21-13-4-3-6-15-10-13;/h3-4,6,10,12H,2,5,7-9,11H2,1H3,(H2,16,17,18);1H. The molecule has 1 saturated heterocycles. The molecule has 0 amide bonds. The Morgan fingerprint density at radius 3 is 2.96 bits per heavy atom. The highest BCUT2D eigenvalue weighted by Gasteiger charge is 2.28. The first-order chi connectivity index (χ1) is 10.6. The lowest BCUT2D eigenvalue weighted by molar-refractivity contribution is 0.327. The molecule has 0 saturated carbocycles. The van der Waals surface area contributed by atoms with Crippen LogP contribution in [0.25, 0.3) is 0 Å². The SMILES string of the molecule is CCNC(=NCCOc1cccnc1)NC1CCS(=O)(=O)C1.I. The monoisotopic (exact) mass is 454 g/mol. The van der Waals surface area contributed by atoms with Crippen molar-refractivity contribution in [2.75, 3.05) is 31.2 Å². The van der Waals surface area contributed by atoms with Crippen molar-refractivity contribution in [3.05, 3.63) is 24.5 Å². The molecule has 0 aliphatic carbocycles. The molecule has 1 aromatic rings. The number of hydrogen-bond donors (Lipinski definition) is 2. The minimum absolute atomic E-state index is 0. The maximum Gasteiger partial charge on any atom is 0.191 e. The van der Waals surface area contributed by atoms with Gasteiger partial charge in [0.25, 0.3) is 0 Å². The van der Waals surface area contributed by atoms with E-state index in [9.17, 15) is 8.42 Å². The zero-order valence-electron chi connectivity index (χ0n) is 13.1. The van der Waals surface area contributed by atoms with Crippen LogP contribution in [-0.2, 0) is 9.84 Å². The van der Waals surface area contributed by atoms with E-state index in [1.165, 1.54) is 0 Å². The summed E-state index contributed by atoms with van der Waals surface area (Å²) in [5.74, 6) is 1.74. The molecule has 1 fully saturated rings. The highest BCUT2D eigenvalue weighted by molar-refractivity contribution is 14.0. The first-order valence-corrected chi connectivity index (χ1v) is 9.19. The van der Waals surface area contributed by atoms with Crippen molar-refractivity contribution in [3.8, 4) is 5.75 Å². The number of ether oxygens (including phenoxy) is 1. The van der Waals surface area contributed by atoms with Gasteiger partial charge in [0, 0.05) is 18.8 Å². The van der Waals surface area contributed by atoms with Crippen LogP contribution in [0.3, 0.4) is 0 Å². The fourth-order valence-electron chi connectivity index (χ4n) is 2.18. The van der Waals surface area contributed by atoms with Crippen LogP contribution in [0.4, 0.5) is 0 Å². The Morgan fingerprint density at radius 1 is 1.52 bits per heavy atom. The second kappa shape index (κ2) is 9.91. The van der Waals surface area contributed by atoms with Crippen LogP contribution in [-0.4, -0.2) is 56.6 Å². The molecule has 1 aliphatic rings. The van der Waals surface area contributed by atoms with Gasteiger partial charge in [-0.15, -0.1) is 24.0 Å². The maximum atomic E-state index is 11.5. The first-order valence-electron chi connectivity index (χ1n) is 7.37. The summed E-state index contributed by atoms with van der Waals surface area (Å²) in [7, 11) is -2.89. The van der Waals surface area contributed by atoms with Crippen molar-refractivity contribution in [1.82, 2.24) is 15.6 Å². The number of sulfone groups is 1. The number of aliphatic imine (C=N–C) groups is 1. The second-order valence-electron chi connectivity index (χ2n) is 5.04. The lowest BCUT2D eigenvalue weighted by atomic mass is 10.3. The van der Waals surface area contributed by atoms with E-state index >= 15 is 0 Å². The zero-order valence-corrected chi connectivity index (χ0v) is 16.2. The van der Waals surface area contributed by atoms with E-state index in [1.54, 1.807) is 12.4 Å². The van der Waals surface area contributed by atoms with Crippen LogP contribution >= 0.6 is 24.0 Å². The average Bonchev–Trinajstić information content (AvgIpc) is 2.84. The summed E-state index contributed by atoms with van der Waals surface area (Å²) in [6, 6.07) is 3.58. The molecule has 2 N–H and O–H groups in total. The molecule has 0 radical (unpaired) electrons. The number of hydrogen-bond acceptors (Lipinski definition) is 5. The van der Waals surface area contributed by atoms with Gasteiger partial charge >= 0.3 is 0 Å². The molecule has 9 heteroatoms. The van der Waals surface area contributed by atoms with E-state index in [0.717, 1.165) is 6.54 Å². The Kier molecular flexibility index (Phi) is 8.59. The van der Waals surface area contributed by atoms with Gasteiger partial charge in [0.2, 0.25) is 0 Å². The van der Waals surface area contributed by atoms with Crippen LogP contribution in [0.2, 0.25) is 0 Å². The largest absolute Gasteiger partial charge is 0.490 e. The molecule has 0 spiro atoms. The molecule has 1 unspecified atom stereocenters. The van der Waals surface area contributed by atoms with Gasteiger partial charge < -0.3 is 15.4 Å². The number of nitrogens with zero attached hydrogens (tertiary/aromatic N) is 2. The topological polar surface area (TPSA) is 92.7 Å². The number of rotatable bonds is 6. The Morgan fingerprint density at radius 2 is 2.35 bits per heavy atom. The lowest BCUT2D eigenvalue weighted by Crippen LogP contribution is -2.44. The molecule has 1 aromatic heterocycles. The highest BCUT2D eigenvalue weighted by Crippen LogP contribution is 2.11. The zero-order chi connectivity index (χ0) is 15.8. The molecule has 130 valence electrons. The van der Waals surface area contributed by atoms with Crippen LogP contribution in [0.1, 0.15) is 13.3 Å². The quantitative estimate of drug-likeness (QED) is 0.286. The Balaban J connectivity index is 0.00000264. The molecule has 1 atom stereocenters. The van der Waals surface area contributed by atoms with Gasteiger partial charge in [-0.25, -0.2) is 13.4 Å². The predicted molar refractivity (Wildman–Crippen MR) is 101 cm³/mol. The smallest absolute Gasteiger partial charge is 0.191 e. The second-order valence-corrected chi connectivity index (χ2v) is 7.27. The number of guanidine groups is 1. The highest BCUT2D eigenvalue weighted by atomic mass is 127. The van der Waals surface area contributed by atoms with Crippen LogP contribution < -0.4 is 15.4 Å². The number of halogens is 1. The van der Waals surface area contributed by atoms with Gasteiger partial charge in [-0.3, -0.25) is 4.98 Å². The fraction of sp³-hybridized carbons (Fsp3) is 0.571. The van der Waals surface area contributed by atoms with Crippen molar-refractivity contribution in [2.24, 2.45) is 4.99 Å². The van der Waals surface area contributed by atoms with Gasteiger partial charge in [0.1, 0.15) is 12.4 Å². The maximum absolute atomic E-state index is 11.5. The Bertz CT molecular complexity index is 595. The molecule has 1 aliphatic heterocycles. The molecule has 0 bridgehead atoms. The van der Waals surface area contributed by atoms with E-state index in [-0.39, 0.29) is 41.5 Å². The molecule has 0 aromatic carbocycles. The summed E-state index contributed by atoms with van der Waals surface area (Å²) in [5, 5.41) is 6.27. The van der Waals surface area contributed by atoms with Crippen LogP contribution in [0, 0.1) is 0 Å². The lowest BCUT2D eigenvalue weighted by Gasteiger charge is -2.15. The summed E-state index contributed by atoms with van der Waals surface area (Å²) < 4.78 is 28.5. The summed E-state index contributed by atoms with van der Waals surface area (Å²) >= 11 is 0. The minimum Gasteiger partial charge on any atom is -0.490 e. The van der Waals surface area contributed by atoms with E-state index in [2.05, 4.69) is 20.6 Å².